The van der Waals surface area contributed by atoms with E-state index in [0.29, 0.717) is 6.42 Å². The van der Waals surface area contributed by atoms with Gasteiger partial charge in [0.1, 0.15) is 0 Å². The van der Waals surface area contributed by atoms with Crippen LogP contribution in [0, 0.1) is 0 Å². The normalized spacial score (nSPS) is 14.2. The number of hydrogen-bond acceptors (Lipinski definition) is 2. The van der Waals surface area contributed by atoms with E-state index in [1.54, 1.807) is 0 Å². The molecule has 0 aliphatic heterocycles. The average Bonchev–Trinajstić information content (AvgIpc) is 2.40. The van der Waals surface area contributed by atoms with E-state index in [1.165, 1.54) is 11.1 Å². The van der Waals surface area contributed by atoms with Gasteiger partial charge < -0.3 is 10.8 Å². The lowest BCUT2D eigenvalue weighted by Gasteiger charge is -2.24. The molecule has 2 aromatic rings. The molecule has 0 heterocycles. The maximum Gasteiger partial charge on any atom is 0.0451 e. The fourth-order valence-electron chi connectivity index (χ4n) is 2.05. The molecule has 1 atom stereocenters. The number of aliphatic hydroxyl groups is 1. The van der Waals surface area contributed by atoms with Crippen molar-refractivity contribution in [2.24, 2.45) is 5.73 Å². The van der Waals surface area contributed by atoms with E-state index in [-0.39, 0.29) is 6.61 Å². The topological polar surface area (TPSA) is 46.2 Å². The summed E-state index contributed by atoms with van der Waals surface area (Å²) in [7, 11) is 0. The number of hydrogen-bond donors (Lipinski definition) is 2. The highest BCUT2D eigenvalue weighted by Gasteiger charge is 2.19. The van der Waals surface area contributed by atoms with E-state index in [4.69, 9.17) is 10.8 Å². The third-order valence-electron chi connectivity index (χ3n) is 3.28. The molecule has 2 rings (SSSR count). The van der Waals surface area contributed by atoms with E-state index >= 15 is 0 Å². The van der Waals surface area contributed by atoms with E-state index < -0.39 is 5.54 Å². The monoisotopic (exact) mass is 241 g/mol. The van der Waals surface area contributed by atoms with Gasteiger partial charge in [0.25, 0.3) is 0 Å². The lowest BCUT2D eigenvalue weighted by Crippen LogP contribution is -2.33. The van der Waals surface area contributed by atoms with Crippen LogP contribution in [0.15, 0.2) is 54.6 Å². The van der Waals surface area contributed by atoms with Crippen LogP contribution in [0.1, 0.15) is 18.9 Å². The van der Waals surface area contributed by atoms with Gasteiger partial charge in [0, 0.05) is 12.1 Å². The maximum absolute atomic E-state index is 9.02. The lowest BCUT2D eigenvalue weighted by atomic mass is 9.89. The van der Waals surface area contributed by atoms with Crippen LogP contribution in [0.5, 0.6) is 0 Å². The first-order valence-corrected chi connectivity index (χ1v) is 6.19. The number of aliphatic hydroxyl groups excluding tert-OH is 1. The van der Waals surface area contributed by atoms with E-state index in [0.717, 1.165) is 5.56 Å². The third-order valence-corrected chi connectivity index (χ3v) is 3.28. The zero-order valence-electron chi connectivity index (χ0n) is 10.6. The highest BCUT2D eigenvalue weighted by atomic mass is 16.3. The molecule has 0 aliphatic rings. The number of benzene rings is 2. The molecule has 2 heteroatoms. The fraction of sp³-hybridized carbons (Fsp3) is 0.250. The Morgan fingerprint density at radius 1 is 0.944 bits per heavy atom. The van der Waals surface area contributed by atoms with Gasteiger partial charge in [-0.3, -0.25) is 0 Å². The molecule has 0 amide bonds. The Morgan fingerprint density at radius 2 is 1.50 bits per heavy atom. The van der Waals surface area contributed by atoms with Gasteiger partial charge in [-0.25, -0.2) is 0 Å². The van der Waals surface area contributed by atoms with Gasteiger partial charge in [0.2, 0.25) is 0 Å². The van der Waals surface area contributed by atoms with Gasteiger partial charge >= 0.3 is 0 Å². The summed E-state index contributed by atoms with van der Waals surface area (Å²) in [6, 6.07) is 18.5. The molecule has 0 radical (unpaired) electrons. The Labute approximate surface area is 108 Å². The summed E-state index contributed by atoms with van der Waals surface area (Å²) >= 11 is 0. The summed E-state index contributed by atoms with van der Waals surface area (Å²) in [5.41, 5.74) is 9.14. The minimum absolute atomic E-state index is 0.105. The Hall–Kier alpha value is -1.64. The van der Waals surface area contributed by atoms with Gasteiger partial charge in [-0.15, -0.1) is 0 Å². The van der Waals surface area contributed by atoms with E-state index in [1.807, 2.05) is 37.3 Å². The van der Waals surface area contributed by atoms with Crippen LogP contribution in [-0.4, -0.2) is 11.7 Å². The molecule has 94 valence electrons. The molecule has 0 saturated heterocycles. The van der Waals surface area contributed by atoms with E-state index in [9.17, 15) is 0 Å². The molecule has 0 bridgehead atoms. The molecule has 2 nitrogen and oxygen atoms in total. The fourth-order valence-corrected chi connectivity index (χ4v) is 2.05. The van der Waals surface area contributed by atoms with Crippen molar-refractivity contribution < 1.29 is 5.11 Å². The maximum atomic E-state index is 9.02. The molecule has 18 heavy (non-hydrogen) atoms. The van der Waals surface area contributed by atoms with E-state index in [2.05, 4.69) is 24.3 Å². The molecule has 1 unspecified atom stereocenters. The van der Waals surface area contributed by atoms with Crippen molar-refractivity contribution in [3.63, 3.8) is 0 Å². The van der Waals surface area contributed by atoms with Crippen LogP contribution >= 0.6 is 0 Å². The molecule has 3 N–H and O–H groups in total. The quantitative estimate of drug-likeness (QED) is 0.864. The Kier molecular flexibility index (Phi) is 3.80. The first-order valence-electron chi connectivity index (χ1n) is 6.19. The highest BCUT2D eigenvalue weighted by Crippen LogP contribution is 2.25. The largest absolute Gasteiger partial charge is 0.396 e. The second-order valence-electron chi connectivity index (χ2n) is 4.83. The SMILES string of the molecule is CC(N)(CCO)c1ccc(-c2ccccc2)cc1. The summed E-state index contributed by atoms with van der Waals surface area (Å²) in [5.74, 6) is 0. The summed E-state index contributed by atoms with van der Waals surface area (Å²) in [5, 5.41) is 9.02. The van der Waals surface area contributed by atoms with Crippen LogP contribution < -0.4 is 5.73 Å². The molecule has 0 fully saturated rings. The summed E-state index contributed by atoms with van der Waals surface area (Å²) < 4.78 is 0. The van der Waals surface area contributed by atoms with Crippen LogP contribution in [0.2, 0.25) is 0 Å². The molecule has 0 spiro atoms. The zero-order valence-corrected chi connectivity index (χ0v) is 10.6. The Balaban J connectivity index is 2.26. The summed E-state index contributed by atoms with van der Waals surface area (Å²) in [4.78, 5) is 0. The third kappa shape index (κ3) is 2.78. The van der Waals surface area contributed by atoms with Crippen molar-refractivity contribution in [3.8, 4) is 11.1 Å². The minimum atomic E-state index is -0.468. The smallest absolute Gasteiger partial charge is 0.0451 e. The highest BCUT2D eigenvalue weighted by molar-refractivity contribution is 5.63. The zero-order chi connectivity index (χ0) is 13.0. The minimum Gasteiger partial charge on any atom is -0.396 e. The second-order valence-corrected chi connectivity index (χ2v) is 4.83. The lowest BCUT2D eigenvalue weighted by molar-refractivity contribution is 0.247. The predicted molar refractivity (Wildman–Crippen MR) is 75.1 cm³/mol. The van der Waals surface area contributed by atoms with Crippen molar-refractivity contribution in [2.45, 2.75) is 18.9 Å². The molecule has 0 saturated carbocycles. The van der Waals surface area contributed by atoms with Gasteiger partial charge in [-0.05, 0) is 30.0 Å². The predicted octanol–water partition coefficient (Wildman–Crippen LogP) is 2.91. The molecular weight excluding hydrogens is 222 g/mol. The standard InChI is InChI=1S/C16H19NO/c1-16(17,11-12-18)15-9-7-14(8-10-15)13-5-3-2-4-6-13/h2-10,18H,11-12,17H2,1H3. The first kappa shape index (κ1) is 12.8. The van der Waals surface area contributed by atoms with Crippen molar-refractivity contribution in [1.29, 1.82) is 0 Å². The van der Waals surface area contributed by atoms with Gasteiger partial charge in [0.15, 0.2) is 0 Å². The average molecular weight is 241 g/mol. The second kappa shape index (κ2) is 5.34. The molecule has 0 aliphatic carbocycles. The van der Waals surface area contributed by atoms with Gasteiger partial charge in [-0.1, -0.05) is 54.6 Å². The van der Waals surface area contributed by atoms with Crippen LogP contribution in [0.25, 0.3) is 11.1 Å². The Bertz CT molecular complexity index is 488. The van der Waals surface area contributed by atoms with Gasteiger partial charge in [-0.2, -0.15) is 0 Å². The summed E-state index contributed by atoms with van der Waals surface area (Å²) in [6.07, 6.45) is 0.567. The number of rotatable bonds is 4. The summed E-state index contributed by atoms with van der Waals surface area (Å²) in [6.45, 7) is 2.05. The van der Waals surface area contributed by atoms with Crippen LogP contribution in [-0.2, 0) is 5.54 Å². The van der Waals surface area contributed by atoms with Gasteiger partial charge in [0.05, 0.1) is 0 Å². The van der Waals surface area contributed by atoms with Crippen molar-refractivity contribution >= 4 is 0 Å². The Morgan fingerprint density at radius 3 is 2.06 bits per heavy atom. The van der Waals surface area contributed by atoms with Crippen molar-refractivity contribution in [2.75, 3.05) is 6.61 Å². The number of nitrogens with two attached hydrogens (primary N) is 1. The van der Waals surface area contributed by atoms with Crippen molar-refractivity contribution in [1.82, 2.24) is 0 Å². The molecular formula is C16H19NO. The van der Waals surface area contributed by atoms with Crippen LogP contribution in [0.4, 0.5) is 0 Å². The van der Waals surface area contributed by atoms with Crippen LogP contribution in [0.3, 0.4) is 0 Å². The van der Waals surface area contributed by atoms with Crippen molar-refractivity contribution in [3.05, 3.63) is 60.2 Å². The molecule has 2 aromatic carbocycles. The first-order chi connectivity index (χ1) is 8.63. The molecule has 0 aromatic heterocycles.